The fourth-order valence-corrected chi connectivity index (χ4v) is 4.94. The molecule has 13 heteroatoms. The van der Waals surface area contributed by atoms with Gasteiger partial charge in [-0.1, -0.05) is 31.5 Å². The van der Waals surface area contributed by atoms with Crippen LogP contribution in [0.25, 0.3) is 10.1 Å². The van der Waals surface area contributed by atoms with Gasteiger partial charge < -0.3 is 25.3 Å². The van der Waals surface area contributed by atoms with Gasteiger partial charge in [0.25, 0.3) is 0 Å². The zero-order valence-electron chi connectivity index (χ0n) is 20.4. The van der Waals surface area contributed by atoms with E-state index in [1.807, 2.05) is 0 Å². The molecule has 0 fully saturated rings. The molecule has 3 N–H and O–H groups in total. The molecule has 0 bridgehead atoms. The molecule has 3 aromatic rings. The topological polar surface area (TPSA) is 134 Å². The summed E-state index contributed by atoms with van der Waals surface area (Å²) >= 11 is 7.32. The maximum Gasteiger partial charge on any atom is 0.351 e. The number of carbonyl (C=O) groups is 4. The first-order valence-corrected chi connectivity index (χ1v) is 12.3. The van der Waals surface area contributed by atoms with Crippen LogP contribution in [0.2, 0.25) is 5.02 Å². The lowest BCUT2D eigenvalue weighted by atomic mass is 10.1. The van der Waals surface area contributed by atoms with Gasteiger partial charge in [-0.25, -0.2) is 18.4 Å². The largest absolute Gasteiger partial charge is 0.483 e. The molecule has 2 amide bonds. The van der Waals surface area contributed by atoms with E-state index >= 15 is 0 Å². The van der Waals surface area contributed by atoms with E-state index in [0.717, 1.165) is 23.5 Å². The molecule has 1 unspecified atom stereocenters. The number of halogens is 3. The van der Waals surface area contributed by atoms with Crippen LogP contribution in [0.1, 0.15) is 46.4 Å². The average Bonchev–Trinajstić information content (AvgIpc) is 3.21. The van der Waals surface area contributed by atoms with Crippen LogP contribution in [0, 0.1) is 17.6 Å². The summed E-state index contributed by atoms with van der Waals surface area (Å²) in [5.41, 5.74) is 4.87. The minimum atomic E-state index is -1.17. The van der Waals surface area contributed by atoms with Crippen molar-refractivity contribution in [2.24, 2.45) is 11.7 Å². The van der Waals surface area contributed by atoms with Crippen molar-refractivity contribution < 1.29 is 42.2 Å². The van der Waals surface area contributed by atoms with Gasteiger partial charge in [0, 0.05) is 33.2 Å². The fraction of sp³-hybridized carbons (Fsp3) is 0.280. The number of amides is 2. The molecule has 9 nitrogen and oxygen atoms in total. The third-order valence-electron chi connectivity index (χ3n) is 5.26. The Kier molecular flexibility index (Phi) is 9.23. The Morgan fingerprint density at radius 3 is 2.34 bits per heavy atom. The number of ether oxygens (including phenoxy) is 3. The first-order valence-electron chi connectivity index (χ1n) is 11.1. The van der Waals surface area contributed by atoms with Gasteiger partial charge in [0.1, 0.15) is 17.5 Å². The Balaban J connectivity index is 1.82. The highest BCUT2D eigenvalue weighted by molar-refractivity contribution is 7.21. The van der Waals surface area contributed by atoms with Gasteiger partial charge in [0.05, 0.1) is 0 Å². The molecule has 2 aromatic carbocycles. The molecule has 0 radical (unpaired) electrons. The Bertz CT molecular complexity index is 1390. The lowest BCUT2D eigenvalue weighted by Crippen LogP contribution is -2.44. The summed E-state index contributed by atoms with van der Waals surface area (Å²) in [6.07, 6.45) is 0. The summed E-state index contributed by atoms with van der Waals surface area (Å²) in [7, 11) is 0. The van der Waals surface area contributed by atoms with E-state index in [-0.39, 0.29) is 26.9 Å². The Labute approximate surface area is 224 Å². The van der Waals surface area contributed by atoms with Crippen molar-refractivity contribution in [2.45, 2.75) is 33.4 Å². The van der Waals surface area contributed by atoms with Crippen LogP contribution in [-0.4, -0.2) is 36.6 Å². The van der Waals surface area contributed by atoms with E-state index in [1.165, 1.54) is 6.92 Å². The number of hydrogen-bond acceptors (Lipinski definition) is 8. The summed E-state index contributed by atoms with van der Waals surface area (Å²) in [4.78, 5) is 47.8. The third-order valence-corrected chi connectivity index (χ3v) is 6.76. The number of carbonyl (C=O) groups excluding carboxylic acids is 4. The maximum absolute atomic E-state index is 14.4. The van der Waals surface area contributed by atoms with E-state index in [2.05, 4.69) is 5.32 Å². The number of esters is 2. The molecule has 0 aliphatic carbocycles. The quantitative estimate of drug-likeness (QED) is 0.275. The Morgan fingerprint density at radius 1 is 1.11 bits per heavy atom. The van der Waals surface area contributed by atoms with Crippen LogP contribution in [0.15, 0.2) is 30.3 Å². The minimum Gasteiger partial charge on any atom is -0.483 e. The predicted molar refractivity (Wildman–Crippen MR) is 135 cm³/mol. The number of rotatable bonds is 10. The Morgan fingerprint density at radius 2 is 1.76 bits per heavy atom. The molecule has 38 heavy (non-hydrogen) atoms. The summed E-state index contributed by atoms with van der Waals surface area (Å²) in [5, 5.41) is 3.12. The monoisotopic (exact) mass is 568 g/mol. The predicted octanol–water partition coefficient (Wildman–Crippen LogP) is 4.33. The van der Waals surface area contributed by atoms with Crippen LogP contribution in [-0.2, 0) is 25.7 Å². The smallest absolute Gasteiger partial charge is 0.351 e. The molecule has 1 atom stereocenters. The summed E-state index contributed by atoms with van der Waals surface area (Å²) in [6.45, 7) is 3.42. The van der Waals surface area contributed by atoms with Gasteiger partial charge in [-0.15, -0.1) is 11.3 Å². The normalized spacial score (nSPS) is 11.8. The number of hydrogen-bond donors (Lipinski definition) is 2. The Hall–Kier alpha value is -3.77. The molecule has 0 saturated carbocycles. The maximum atomic E-state index is 14.4. The molecular formula is C25H23ClF2N2O7S. The van der Waals surface area contributed by atoms with Gasteiger partial charge in [0.15, 0.2) is 17.4 Å². The van der Waals surface area contributed by atoms with Crippen LogP contribution in [0.4, 0.5) is 8.78 Å². The molecular weight excluding hydrogens is 546 g/mol. The SMILES string of the molecule is CC(=O)NC(C(=O)OCOC(=O)c1sc2cccc(Cl)c2c1COc1c(F)cc(C(N)=O)cc1F)C(C)C. The van der Waals surface area contributed by atoms with E-state index < -0.39 is 60.6 Å². The second kappa shape index (κ2) is 12.2. The van der Waals surface area contributed by atoms with Crippen molar-refractivity contribution in [3.8, 4) is 5.75 Å². The molecule has 0 spiro atoms. The van der Waals surface area contributed by atoms with Crippen LogP contribution in [0.5, 0.6) is 5.75 Å². The lowest BCUT2D eigenvalue weighted by Gasteiger charge is -2.19. The van der Waals surface area contributed by atoms with Crippen molar-refractivity contribution in [1.29, 1.82) is 0 Å². The van der Waals surface area contributed by atoms with Crippen molar-refractivity contribution in [3.05, 3.63) is 63.0 Å². The van der Waals surface area contributed by atoms with Crippen molar-refractivity contribution in [2.75, 3.05) is 6.79 Å². The summed E-state index contributed by atoms with van der Waals surface area (Å²) < 4.78 is 44.9. The van der Waals surface area contributed by atoms with Gasteiger partial charge in [-0.05, 0) is 30.2 Å². The zero-order chi connectivity index (χ0) is 28.1. The fourth-order valence-electron chi connectivity index (χ4n) is 3.47. The zero-order valence-corrected chi connectivity index (χ0v) is 22.0. The molecule has 0 aliphatic heterocycles. The van der Waals surface area contributed by atoms with E-state index in [4.69, 9.17) is 31.5 Å². The third kappa shape index (κ3) is 6.56. The number of fused-ring (bicyclic) bond motifs is 1. The van der Waals surface area contributed by atoms with E-state index in [9.17, 15) is 28.0 Å². The molecule has 1 heterocycles. The van der Waals surface area contributed by atoms with Crippen LogP contribution in [0.3, 0.4) is 0 Å². The molecule has 0 aliphatic rings. The van der Waals surface area contributed by atoms with E-state index in [1.54, 1.807) is 32.0 Å². The van der Waals surface area contributed by atoms with Gasteiger partial charge in [-0.2, -0.15) is 0 Å². The highest BCUT2D eigenvalue weighted by Crippen LogP contribution is 2.37. The first kappa shape index (κ1) is 28.8. The molecule has 1 aromatic heterocycles. The minimum absolute atomic E-state index is 0.000918. The summed E-state index contributed by atoms with van der Waals surface area (Å²) in [6, 6.07) is 5.41. The van der Waals surface area contributed by atoms with Crippen LogP contribution < -0.4 is 15.8 Å². The number of nitrogens with one attached hydrogen (secondary N) is 1. The number of thiophene rings is 1. The average molecular weight is 569 g/mol. The van der Waals surface area contributed by atoms with Crippen molar-refractivity contribution >= 4 is 56.8 Å². The first-order chi connectivity index (χ1) is 17.9. The van der Waals surface area contributed by atoms with Crippen LogP contribution >= 0.6 is 22.9 Å². The van der Waals surface area contributed by atoms with Gasteiger partial charge >= 0.3 is 11.9 Å². The number of primary amides is 1. The van der Waals surface area contributed by atoms with E-state index in [0.29, 0.717) is 10.1 Å². The molecule has 3 rings (SSSR count). The standard InChI is InChI=1S/C25H23ClF2N2O7S/c1-11(2)20(30-12(3)31)24(33)36-10-37-25(34)22-14(19-15(26)5-4-6-18(19)38-22)9-35-21-16(27)7-13(23(29)32)8-17(21)28/h4-8,11,20H,9-10H2,1-3H3,(H2,29,32)(H,30,31). The highest BCUT2D eigenvalue weighted by Gasteiger charge is 2.27. The second-order valence-corrected chi connectivity index (χ2v) is 9.84. The lowest BCUT2D eigenvalue weighted by molar-refractivity contribution is -0.157. The van der Waals surface area contributed by atoms with Gasteiger partial charge in [0.2, 0.25) is 18.6 Å². The second-order valence-electron chi connectivity index (χ2n) is 8.38. The molecule has 0 saturated heterocycles. The van der Waals surface area contributed by atoms with Crippen molar-refractivity contribution in [1.82, 2.24) is 5.32 Å². The summed E-state index contributed by atoms with van der Waals surface area (Å²) in [5.74, 6) is -6.55. The number of benzene rings is 2. The molecule has 202 valence electrons. The van der Waals surface area contributed by atoms with Crippen molar-refractivity contribution in [3.63, 3.8) is 0 Å². The van der Waals surface area contributed by atoms with Gasteiger partial charge in [-0.3, -0.25) is 9.59 Å². The number of nitrogens with two attached hydrogens (primary N) is 1. The highest BCUT2D eigenvalue weighted by atomic mass is 35.5.